The van der Waals surface area contributed by atoms with Crippen LogP contribution in [0.5, 0.6) is 5.75 Å². The molecule has 1 aromatic heterocycles. The fourth-order valence-corrected chi connectivity index (χ4v) is 2.88. The molecule has 0 spiro atoms. The fourth-order valence-electron chi connectivity index (χ4n) is 2.88. The second-order valence-corrected chi connectivity index (χ2v) is 6.43. The van der Waals surface area contributed by atoms with Crippen LogP contribution in [0.2, 0.25) is 0 Å². The van der Waals surface area contributed by atoms with Crippen molar-refractivity contribution >= 4 is 0 Å². The van der Waals surface area contributed by atoms with Crippen LogP contribution in [-0.2, 0) is 13.0 Å². The van der Waals surface area contributed by atoms with Gasteiger partial charge in [-0.05, 0) is 61.9 Å². The van der Waals surface area contributed by atoms with E-state index in [-0.39, 0.29) is 0 Å². The Hall–Kier alpha value is -2.59. The van der Waals surface area contributed by atoms with E-state index in [0.29, 0.717) is 6.04 Å². The highest BCUT2D eigenvalue weighted by Crippen LogP contribution is 2.16. The number of likely N-dealkylation sites (N-methyl/N-ethyl adjacent to an activating group) is 1. The van der Waals surface area contributed by atoms with E-state index in [1.807, 2.05) is 29.1 Å². The lowest BCUT2D eigenvalue weighted by molar-refractivity contribution is 0.248. The number of ether oxygens (including phenoxy) is 1. The first-order chi connectivity index (χ1) is 12.2. The van der Waals surface area contributed by atoms with Gasteiger partial charge in [-0.2, -0.15) is 5.10 Å². The third-order valence-electron chi connectivity index (χ3n) is 4.58. The first-order valence-electron chi connectivity index (χ1n) is 8.58. The molecule has 0 saturated heterocycles. The predicted molar refractivity (Wildman–Crippen MR) is 101 cm³/mol. The molecule has 0 amide bonds. The standard InChI is InChI=1S/C21H25N3O/c1-17(15-18-7-11-21(25-3)12-8-18)23(2)16-19-5-9-20(10-6-19)24-14-4-13-22-24/h4-14,17H,15-16H2,1-3H3. The lowest BCUT2D eigenvalue weighted by Gasteiger charge is -2.25. The molecule has 0 fully saturated rings. The first kappa shape index (κ1) is 17.2. The second-order valence-electron chi connectivity index (χ2n) is 6.43. The molecule has 130 valence electrons. The fraction of sp³-hybridized carbons (Fsp3) is 0.286. The molecule has 2 aromatic carbocycles. The molecule has 0 aliphatic carbocycles. The molecule has 0 saturated carbocycles. The van der Waals surface area contributed by atoms with E-state index in [2.05, 4.69) is 60.4 Å². The van der Waals surface area contributed by atoms with Crippen LogP contribution in [-0.4, -0.2) is 34.9 Å². The monoisotopic (exact) mass is 335 g/mol. The summed E-state index contributed by atoms with van der Waals surface area (Å²) < 4.78 is 7.10. The summed E-state index contributed by atoms with van der Waals surface area (Å²) >= 11 is 0. The van der Waals surface area contributed by atoms with Gasteiger partial charge in [-0.25, -0.2) is 4.68 Å². The number of nitrogens with zero attached hydrogens (tertiary/aromatic N) is 3. The quantitative estimate of drug-likeness (QED) is 0.655. The van der Waals surface area contributed by atoms with Gasteiger partial charge in [0.1, 0.15) is 5.75 Å². The molecule has 3 aromatic rings. The summed E-state index contributed by atoms with van der Waals surface area (Å²) in [6.45, 7) is 3.19. The predicted octanol–water partition coefficient (Wildman–Crippen LogP) is 3.94. The molecule has 1 atom stereocenters. The van der Waals surface area contributed by atoms with E-state index >= 15 is 0 Å². The molecule has 3 rings (SSSR count). The SMILES string of the molecule is COc1ccc(CC(C)N(C)Cc2ccc(-n3cccn3)cc2)cc1. The van der Waals surface area contributed by atoms with Crippen molar-refractivity contribution in [1.82, 2.24) is 14.7 Å². The average Bonchev–Trinajstić information content (AvgIpc) is 3.17. The molecular weight excluding hydrogens is 310 g/mol. The third kappa shape index (κ3) is 4.48. The minimum Gasteiger partial charge on any atom is -0.497 e. The maximum Gasteiger partial charge on any atom is 0.118 e. The lowest BCUT2D eigenvalue weighted by atomic mass is 10.1. The zero-order valence-electron chi connectivity index (χ0n) is 15.1. The van der Waals surface area contributed by atoms with Gasteiger partial charge in [-0.1, -0.05) is 24.3 Å². The van der Waals surface area contributed by atoms with Gasteiger partial charge in [0.15, 0.2) is 0 Å². The van der Waals surface area contributed by atoms with E-state index in [9.17, 15) is 0 Å². The summed E-state index contributed by atoms with van der Waals surface area (Å²) in [4.78, 5) is 2.38. The van der Waals surface area contributed by atoms with Crippen LogP contribution in [0.25, 0.3) is 5.69 Å². The minimum absolute atomic E-state index is 0.458. The normalized spacial score (nSPS) is 12.3. The summed E-state index contributed by atoms with van der Waals surface area (Å²) in [5.41, 5.74) is 3.72. The molecule has 0 aliphatic heterocycles. The van der Waals surface area contributed by atoms with E-state index in [0.717, 1.165) is 24.4 Å². The number of hydrogen-bond donors (Lipinski definition) is 0. The Bertz CT molecular complexity index is 764. The van der Waals surface area contributed by atoms with Crippen LogP contribution < -0.4 is 4.74 Å². The van der Waals surface area contributed by atoms with Crippen LogP contribution in [0.4, 0.5) is 0 Å². The Labute approximate surface area is 149 Å². The lowest BCUT2D eigenvalue weighted by Crippen LogP contribution is -2.30. The number of benzene rings is 2. The molecule has 0 aliphatic rings. The molecular formula is C21H25N3O. The molecule has 0 radical (unpaired) electrons. The van der Waals surface area contributed by atoms with E-state index < -0.39 is 0 Å². The van der Waals surface area contributed by atoms with Crippen LogP contribution in [0.15, 0.2) is 67.0 Å². The first-order valence-corrected chi connectivity index (χ1v) is 8.58. The summed E-state index contributed by atoms with van der Waals surface area (Å²) in [7, 11) is 3.87. The molecule has 1 unspecified atom stereocenters. The van der Waals surface area contributed by atoms with Gasteiger partial charge >= 0.3 is 0 Å². The maximum atomic E-state index is 5.22. The van der Waals surface area contributed by atoms with Crippen molar-refractivity contribution in [3.8, 4) is 11.4 Å². The second kappa shape index (κ2) is 7.99. The van der Waals surface area contributed by atoms with Crippen molar-refractivity contribution < 1.29 is 4.74 Å². The van der Waals surface area contributed by atoms with Crippen LogP contribution >= 0.6 is 0 Å². The Morgan fingerprint density at radius 1 is 1.04 bits per heavy atom. The molecule has 0 bridgehead atoms. The van der Waals surface area contributed by atoms with Gasteiger partial charge in [-0.3, -0.25) is 4.90 Å². The van der Waals surface area contributed by atoms with Crippen molar-refractivity contribution in [3.05, 3.63) is 78.1 Å². The summed E-state index contributed by atoms with van der Waals surface area (Å²) in [6.07, 6.45) is 4.77. The van der Waals surface area contributed by atoms with E-state index in [1.165, 1.54) is 11.1 Å². The molecule has 25 heavy (non-hydrogen) atoms. The zero-order valence-corrected chi connectivity index (χ0v) is 15.1. The van der Waals surface area contributed by atoms with Crippen LogP contribution in [0.3, 0.4) is 0 Å². The van der Waals surface area contributed by atoms with Crippen molar-refractivity contribution in [3.63, 3.8) is 0 Å². The minimum atomic E-state index is 0.458. The van der Waals surface area contributed by atoms with Gasteiger partial charge in [0.2, 0.25) is 0 Å². The highest BCUT2D eigenvalue weighted by molar-refractivity contribution is 5.33. The van der Waals surface area contributed by atoms with E-state index in [4.69, 9.17) is 4.74 Å². The summed E-state index contributed by atoms with van der Waals surface area (Å²) in [5.74, 6) is 0.905. The number of aromatic nitrogens is 2. The van der Waals surface area contributed by atoms with Gasteiger partial charge in [0, 0.05) is 25.0 Å². The third-order valence-corrected chi connectivity index (χ3v) is 4.58. The van der Waals surface area contributed by atoms with Gasteiger partial charge < -0.3 is 4.74 Å². The Morgan fingerprint density at radius 3 is 2.32 bits per heavy atom. The highest BCUT2D eigenvalue weighted by Gasteiger charge is 2.11. The molecule has 4 heteroatoms. The number of methoxy groups -OCH3 is 1. The summed E-state index contributed by atoms with van der Waals surface area (Å²) in [6, 6.07) is 19.3. The Kier molecular flexibility index (Phi) is 5.51. The van der Waals surface area contributed by atoms with E-state index in [1.54, 1.807) is 13.3 Å². The Morgan fingerprint density at radius 2 is 1.72 bits per heavy atom. The zero-order chi connectivity index (χ0) is 17.6. The van der Waals surface area contributed by atoms with Crippen molar-refractivity contribution in [2.45, 2.75) is 25.9 Å². The topological polar surface area (TPSA) is 30.3 Å². The highest BCUT2D eigenvalue weighted by atomic mass is 16.5. The molecule has 0 N–H and O–H groups in total. The largest absolute Gasteiger partial charge is 0.497 e. The summed E-state index contributed by atoms with van der Waals surface area (Å²) in [5, 5.41) is 4.26. The maximum absolute atomic E-state index is 5.22. The van der Waals surface area contributed by atoms with Gasteiger partial charge in [-0.15, -0.1) is 0 Å². The van der Waals surface area contributed by atoms with Gasteiger partial charge in [0.25, 0.3) is 0 Å². The average molecular weight is 335 g/mol. The number of hydrogen-bond acceptors (Lipinski definition) is 3. The van der Waals surface area contributed by atoms with Gasteiger partial charge in [0.05, 0.1) is 12.8 Å². The van der Waals surface area contributed by atoms with Crippen LogP contribution in [0.1, 0.15) is 18.1 Å². The molecule has 1 heterocycles. The Balaban J connectivity index is 1.57. The van der Waals surface area contributed by atoms with Crippen molar-refractivity contribution in [1.29, 1.82) is 0 Å². The van der Waals surface area contributed by atoms with Crippen molar-refractivity contribution in [2.75, 3.05) is 14.2 Å². The number of rotatable bonds is 7. The smallest absolute Gasteiger partial charge is 0.118 e. The van der Waals surface area contributed by atoms with Crippen molar-refractivity contribution in [2.24, 2.45) is 0 Å². The van der Waals surface area contributed by atoms with Crippen LogP contribution in [0, 0.1) is 0 Å². The molecule has 4 nitrogen and oxygen atoms in total.